The summed E-state index contributed by atoms with van der Waals surface area (Å²) in [7, 11) is 0. The van der Waals surface area contributed by atoms with Crippen molar-refractivity contribution >= 4 is 17.8 Å². The Labute approximate surface area is 121 Å². The molecule has 0 aromatic carbocycles. The molecule has 2 N–H and O–H groups in total. The number of nitrogens with zero attached hydrogens (tertiary/aromatic N) is 5. The van der Waals surface area contributed by atoms with E-state index < -0.39 is 0 Å². The molecule has 20 heavy (non-hydrogen) atoms. The predicted octanol–water partition coefficient (Wildman–Crippen LogP) is 0.968. The van der Waals surface area contributed by atoms with Gasteiger partial charge in [0.15, 0.2) is 0 Å². The molecule has 114 valence electrons. The first kappa shape index (κ1) is 16.4. The van der Waals surface area contributed by atoms with Crippen molar-refractivity contribution in [3.8, 4) is 0 Å². The average Bonchev–Trinajstić information content (AvgIpc) is 2.47. The van der Waals surface area contributed by atoms with Gasteiger partial charge in [-0.3, -0.25) is 0 Å². The van der Waals surface area contributed by atoms with Crippen LogP contribution >= 0.6 is 0 Å². The second-order valence-electron chi connectivity index (χ2n) is 4.25. The van der Waals surface area contributed by atoms with E-state index in [4.69, 9.17) is 5.11 Å². The first-order valence-electron chi connectivity index (χ1n) is 7.30. The highest BCUT2D eigenvalue weighted by Gasteiger charge is 2.14. The summed E-state index contributed by atoms with van der Waals surface area (Å²) < 4.78 is 0. The fourth-order valence-electron chi connectivity index (χ4n) is 1.90. The summed E-state index contributed by atoms with van der Waals surface area (Å²) in [6.45, 7) is 12.2. The third-order valence-corrected chi connectivity index (χ3v) is 3.10. The van der Waals surface area contributed by atoms with Crippen LogP contribution in [0.3, 0.4) is 0 Å². The van der Waals surface area contributed by atoms with Crippen molar-refractivity contribution in [1.82, 2.24) is 15.0 Å². The van der Waals surface area contributed by atoms with Gasteiger partial charge in [0.25, 0.3) is 0 Å². The van der Waals surface area contributed by atoms with Crippen LogP contribution in [0.5, 0.6) is 0 Å². The van der Waals surface area contributed by atoms with Crippen molar-refractivity contribution in [2.24, 2.45) is 0 Å². The first-order valence-corrected chi connectivity index (χ1v) is 7.30. The number of aliphatic hydroxyl groups is 1. The molecule has 0 unspecified atom stereocenters. The molecule has 1 aromatic rings. The zero-order chi connectivity index (χ0) is 15.0. The summed E-state index contributed by atoms with van der Waals surface area (Å²) in [6.07, 6.45) is 0. The van der Waals surface area contributed by atoms with Gasteiger partial charge >= 0.3 is 0 Å². The number of anilines is 3. The Morgan fingerprint density at radius 2 is 1.30 bits per heavy atom. The van der Waals surface area contributed by atoms with Gasteiger partial charge in [0.1, 0.15) is 0 Å². The van der Waals surface area contributed by atoms with Crippen LogP contribution in [-0.2, 0) is 0 Å². The highest BCUT2D eigenvalue weighted by molar-refractivity contribution is 5.45. The van der Waals surface area contributed by atoms with Crippen molar-refractivity contribution in [3.05, 3.63) is 0 Å². The van der Waals surface area contributed by atoms with E-state index in [2.05, 4.69) is 57.8 Å². The molecule has 7 nitrogen and oxygen atoms in total. The molecule has 0 amide bonds. The maximum absolute atomic E-state index is 8.91. The van der Waals surface area contributed by atoms with Crippen molar-refractivity contribution < 1.29 is 5.11 Å². The molecular formula is C13H26N6O. The van der Waals surface area contributed by atoms with Crippen LogP contribution in [-0.4, -0.2) is 59.4 Å². The molecule has 7 heteroatoms. The molecule has 0 aliphatic heterocycles. The van der Waals surface area contributed by atoms with Crippen molar-refractivity contribution in [1.29, 1.82) is 0 Å². The molecule has 1 aromatic heterocycles. The third kappa shape index (κ3) is 4.19. The Morgan fingerprint density at radius 1 is 0.850 bits per heavy atom. The lowest BCUT2D eigenvalue weighted by molar-refractivity contribution is 0.311. The second-order valence-corrected chi connectivity index (χ2v) is 4.25. The monoisotopic (exact) mass is 282 g/mol. The van der Waals surface area contributed by atoms with Gasteiger partial charge in [0.2, 0.25) is 17.8 Å². The van der Waals surface area contributed by atoms with Gasteiger partial charge in [-0.1, -0.05) is 0 Å². The van der Waals surface area contributed by atoms with E-state index in [-0.39, 0.29) is 6.61 Å². The SMILES string of the molecule is CCN(CC)c1nc(NCCO)nc(N(CC)CC)n1. The van der Waals surface area contributed by atoms with Crippen LogP contribution in [0.4, 0.5) is 17.8 Å². The average molecular weight is 282 g/mol. The fraction of sp³-hybridized carbons (Fsp3) is 0.769. The molecule has 0 fully saturated rings. The minimum Gasteiger partial charge on any atom is -0.395 e. The summed E-state index contributed by atoms with van der Waals surface area (Å²) in [5, 5.41) is 11.9. The van der Waals surface area contributed by atoms with E-state index in [0.717, 1.165) is 26.2 Å². The van der Waals surface area contributed by atoms with Gasteiger partial charge < -0.3 is 20.2 Å². The highest BCUT2D eigenvalue weighted by Crippen LogP contribution is 2.16. The first-order chi connectivity index (χ1) is 9.69. The van der Waals surface area contributed by atoms with Crippen molar-refractivity contribution in [2.75, 3.05) is 54.4 Å². The fourth-order valence-corrected chi connectivity index (χ4v) is 1.90. The van der Waals surface area contributed by atoms with Crippen LogP contribution in [0.2, 0.25) is 0 Å². The van der Waals surface area contributed by atoms with Gasteiger partial charge in [-0.2, -0.15) is 15.0 Å². The van der Waals surface area contributed by atoms with Gasteiger partial charge in [-0.25, -0.2) is 0 Å². The van der Waals surface area contributed by atoms with Crippen molar-refractivity contribution in [2.45, 2.75) is 27.7 Å². The predicted molar refractivity (Wildman–Crippen MR) is 82.5 cm³/mol. The molecule has 0 saturated carbocycles. The van der Waals surface area contributed by atoms with Crippen LogP contribution in [0, 0.1) is 0 Å². The second kappa shape index (κ2) is 8.52. The normalized spacial score (nSPS) is 10.4. The molecule has 0 atom stereocenters. The Kier molecular flexibility index (Phi) is 7.00. The lowest BCUT2D eigenvalue weighted by atomic mass is 10.5. The van der Waals surface area contributed by atoms with Crippen LogP contribution in [0.25, 0.3) is 0 Å². The van der Waals surface area contributed by atoms with E-state index in [1.807, 2.05) is 0 Å². The Hall–Kier alpha value is -1.63. The quantitative estimate of drug-likeness (QED) is 0.698. The molecule has 0 radical (unpaired) electrons. The smallest absolute Gasteiger partial charge is 0.231 e. The number of nitrogens with one attached hydrogen (secondary N) is 1. The van der Waals surface area contributed by atoms with E-state index in [0.29, 0.717) is 24.4 Å². The summed E-state index contributed by atoms with van der Waals surface area (Å²) in [4.78, 5) is 17.6. The van der Waals surface area contributed by atoms with Crippen LogP contribution < -0.4 is 15.1 Å². The molecule has 0 aliphatic rings. The molecule has 0 saturated heterocycles. The van der Waals surface area contributed by atoms with Gasteiger partial charge in [0, 0.05) is 32.7 Å². The van der Waals surface area contributed by atoms with E-state index in [1.54, 1.807) is 0 Å². The van der Waals surface area contributed by atoms with Crippen molar-refractivity contribution in [3.63, 3.8) is 0 Å². The van der Waals surface area contributed by atoms with Gasteiger partial charge in [0.05, 0.1) is 6.61 Å². The zero-order valence-electron chi connectivity index (χ0n) is 12.9. The Balaban J connectivity index is 3.12. The molecule has 0 aliphatic carbocycles. The van der Waals surface area contributed by atoms with Crippen LogP contribution in [0.15, 0.2) is 0 Å². The summed E-state index contributed by atoms with van der Waals surface area (Å²) >= 11 is 0. The highest BCUT2D eigenvalue weighted by atomic mass is 16.3. The minimum absolute atomic E-state index is 0.0485. The molecule has 0 spiro atoms. The largest absolute Gasteiger partial charge is 0.395 e. The molecule has 1 heterocycles. The lowest BCUT2D eigenvalue weighted by Crippen LogP contribution is -2.29. The van der Waals surface area contributed by atoms with Crippen LogP contribution in [0.1, 0.15) is 27.7 Å². The summed E-state index contributed by atoms with van der Waals surface area (Å²) in [5.41, 5.74) is 0. The Bertz CT molecular complexity index is 362. The molecular weight excluding hydrogens is 256 g/mol. The zero-order valence-corrected chi connectivity index (χ0v) is 12.9. The third-order valence-electron chi connectivity index (χ3n) is 3.10. The molecule has 0 bridgehead atoms. The van der Waals surface area contributed by atoms with Gasteiger partial charge in [-0.15, -0.1) is 0 Å². The Morgan fingerprint density at radius 3 is 1.65 bits per heavy atom. The standard InChI is InChI=1S/C13H26N6O/c1-5-18(6-2)12-15-11(14-9-10-20)16-13(17-12)19(7-3)8-4/h20H,5-10H2,1-4H3,(H,14,15,16,17). The molecule has 1 rings (SSSR count). The summed E-state index contributed by atoms with van der Waals surface area (Å²) in [5.74, 6) is 1.86. The topological polar surface area (TPSA) is 77.4 Å². The summed E-state index contributed by atoms with van der Waals surface area (Å²) in [6, 6.07) is 0. The maximum atomic E-state index is 8.91. The number of rotatable bonds is 9. The number of aromatic nitrogens is 3. The number of hydrogen-bond acceptors (Lipinski definition) is 7. The lowest BCUT2D eigenvalue weighted by Gasteiger charge is -2.23. The van der Waals surface area contributed by atoms with E-state index >= 15 is 0 Å². The minimum atomic E-state index is 0.0485. The van der Waals surface area contributed by atoms with Gasteiger partial charge in [-0.05, 0) is 27.7 Å². The maximum Gasteiger partial charge on any atom is 0.231 e. The van der Waals surface area contributed by atoms with E-state index in [9.17, 15) is 0 Å². The number of hydrogen-bond donors (Lipinski definition) is 2. The van der Waals surface area contributed by atoms with E-state index in [1.165, 1.54) is 0 Å². The number of aliphatic hydroxyl groups excluding tert-OH is 1.